The van der Waals surface area contributed by atoms with Crippen LogP contribution < -0.4 is 10.2 Å². The summed E-state index contributed by atoms with van der Waals surface area (Å²) in [7, 11) is 0. The van der Waals surface area contributed by atoms with Crippen molar-refractivity contribution in [2.24, 2.45) is 5.92 Å². The standard InChI is InChI=1S/C16H18ClN5O/c1-11-6-7-18-14(9-11)19-16(23)12-3-2-8-22(10-12)15-5-4-13(17)20-21-15/h4-7,9,12H,2-3,8,10H2,1H3,(H,18,19,23). The fourth-order valence-corrected chi connectivity index (χ4v) is 2.81. The number of aryl methyl sites for hydroxylation is 1. The Morgan fingerprint density at radius 1 is 1.35 bits per heavy atom. The third kappa shape index (κ3) is 3.96. The van der Waals surface area contributed by atoms with Crippen molar-refractivity contribution in [3.05, 3.63) is 41.2 Å². The zero-order chi connectivity index (χ0) is 16.2. The molecule has 1 aliphatic rings. The van der Waals surface area contributed by atoms with Crippen LogP contribution >= 0.6 is 11.6 Å². The summed E-state index contributed by atoms with van der Waals surface area (Å²) in [5.74, 6) is 1.25. The Bertz CT molecular complexity index is 691. The van der Waals surface area contributed by atoms with Crippen molar-refractivity contribution in [2.45, 2.75) is 19.8 Å². The fraction of sp³-hybridized carbons (Fsp3) is 0.375. The number of halogens is 1. The first-order valence-electron chi connectivity index (χ1n) is 7.59. The zero-order valence-electron chi connectivity index (χ0n) is 12.9. The summed E-state index contributed by atoms with van der Waals surface area (Å²) >= 11 is 5.77. The van der Waals surface area contributed by atoms with Gasteiger partial charge in [-0.2, -0.15) is 0 Å². The van der Waals surface area contributed by atoms with Gasteiger partial charge in [0.15, 0.2) is 11.0 Å². The summed E-state index contributed by atoms with van der Waals surface area (Å²) in [5.41, 5.74) is 1.07. The number of nitrogens with one attached hydrogen (secondary N) is 1. The van der Waals surface area contributed by atoms with Crippen molar-refractivity contribution >= 4 is 29.1 Å². The predicted octanol–water partition coefficient (Wildman–Crippen LogP) is 2.69. The average molecular weight is 332 g/mol. The molecule has 2 aromatic rings. The fourth-order valence-electron chi connectivity index (χ4n) is 2.71. The molecule has 0 radical (unpaired) electrons. The third-order valence-corrected chi connectivity index (χ3v) is 4.10. The number of nitrogens with zero attached hydrogens (tertiary/aromatic N) is 4. The lowest BCUT2D eigenvalue weighted by Gasteiger charge is -2.32. The van der Waals surface area contributed by atoms with E-state index in [0.29, 0.717) is 17.5 Å². The molecule has 0 aliphatic carbocycles. The second kappa shape index (κ2) is 6.91. The number of pyridine rings is 1. The van der Waals surface area contributed by atoms with E-state index in [9.17, 15) is 4.79 Å². The number of carbonyl (C=O) groups excluding carboxylic acids is 1. The molecule has 1 unspecified atom stereocenters. The minimum Gasteiger partial charge on any atom is -0.354 e. The summed E-state index contributed by atoms with van der Waals surface area (Å²) in [4.78, 5) is 18.7. The van der Waals surface area contributed by atoms with Gasteiger partial charge in [0.1, 0.15) is 5.82 Å². The van der Waals surface area contributed by atoms with Crippen LogP contribution in [0.25, 0.3) is 0 Å². The quantitative estimate of drug-likeness (QED) is 0.936. The molecule has 0 spiro atoms. The van der Waals surface area contributed by atoms with Crippen molar-refractivity contribution in [3.8, 4) is 0 Å². The highest BCUT2D eigenvalue weighted by atomic mass is 35.5. The van der Waals surface area contributed by atoms with Crippen LogP contribution in [0.5, 0.6) is 0 Å². The molecule has 3 heterocycles. The number of rotatable bonds is 3. The Hall–Kier alpha value is -2.21. The highest BCUT2D eigenvalue weighted by Crippen LogP contribution is 2.23. The normalized spacial score (nSPS) is 17.8. The summed E-state index contributed by atoms with van der Waals surface area (Å²) in [5, 5.41) is 11.2. The van der Waals surface area contributed by atoms with Crippen molar-refractivity contribution < 1.29 is 4.79 Å². The number of amides is 1. The summed E-state index contributed by atoms with van der Waals surface area (Å²) in [6.07, 6.45) is 3.49. The second-order valence-corrected chi connectivity index (χ2v) is 6.09. The van der Waals surface area contributed by atoms with E-state index in [4.69, 9.17) is 11.6 Å². The molecule has 1 atom stereocenters. The lowest BCUT2D eigenvalue weighted by Crippen LogP contribution is -2.41. The molecule has 120 valence electrons. The molecule has 1 N–H and O–H groups in total. The van der Waals surface area contributed by atoms with Crippen LogP contribution in [0.3, 0.4) is 0 Å². The van der Waals surface area contributed by atoms with Gasteiger partial charge in [0.25, 0.3) is 0 Å². The van der Waals surface area contributed by atoms with Gasteiger partial charge < -0.3 is 10.2 Å². The van der Waals surface area contributed by atoms with Gasteiger partial charge in [-0.25, -0.2) is 4.98 Å². The second-order valence-electron chi connectivity index (χ2n) is 5.71. The maximum Gasteiger partial charge on any atom is 0.230 e. The molecule has 0 saturated carbocycles. The first kappa shape index (κ1) is 15.7. The molecular weight excluding hydrogens is 314 g/mol. The number of piperidine rings is 1. The Morgan fingerprint density at radius 2 is 2.22 bits per heavy atom. The van der Waals surface area contributed by atoms with Crippen LogP contribution in [0.4, 0.5) is 11.6 Å². The lowest BCUT2D eigenvalue weighted by atomic mass is 9.97. The molecule has 7 heteroatoms. The highest BCUT2D eigenvalue weighted by Gasteiger charge is 2.27. The highest BCUT2D eigenvalue weighted by molar-refractivity contribution is 6.29. The average Bonchev–Trinajstić information content (AvgIpc) is 2.56. The molecule has 1 aliphatic heterocycles. The Balaban J connectivity index is 1.65. The van der Waals surface area contributed by atoms with Crippen molar-refractivity contribution in [3.63, 3.8) is 0 Å². The van der Waals surface area contributed by atoms with Gasteiger partial charge in [0.2, 0.25) is 5.91 Å². The van der Waals surface area contributed by atoms with Crippen LogP contribution in [-0.4, -0.2) is 34.2 Å². The van der Waals surface area contributed by atoms with E-state index in [1.165, 1.54) is 0 Å². The largest absolute Gasteiger partial charge is 0.354 e. The first-order valence-corrected chi connectivity index (χ1v) is 7.97. The molecule has 6 nitrogen and oxygen atoms in total. The van der Waals surface area contributed by atoms with Crippen molar-refractivity contribution in [1.82, 2.24) is 15.2 Å². The zero-order valence-corrected chi connectivity index (χ0v) is 13.6. The topological polar surface area (TPSA) is 71.0 Å². The van der Waals surface area contributed by atoms with Crippen LogP contribution in [0.2, 0.25) is 5.15 Å². The van der Waals surface area contributed by atoms with Crippen LogP contribution in [0.15, 0.2) is 30.5 Å². The van der Waals surface area contributed by atoms with Gasteiger partial charge >= 0.3 is 0 Å². The van der Waals surface area contributed by atoms with E-state index in [1.54, 1.807) is 12.3 Å². The molecule has 0 aromatic carbocycles. The number of hydrogen-bond acceptors (Lipinski definition) is 5. The van der Waals surface area contributed by atoms with Crippen LogP contribution in [0.1, 0.15) is 18.4 Å². The van der Waals surface area contributed by atoms with E-state index in [2.05, 4.69) is 25.4 Å². The van der Waals surface area contributed by atoms with E-state index < -0.39 is 0 Å². The number of hydrogen-bond donors (Lipinski definition) is 1. The number of anilines is 2. The minimum atomic E-state index is -0.0939. The molecule has 1 amide bonds. The van der Waals surface area contributed by atoms with Gasteiger partial charge in [-0.15, -0.1) is 10.2 Å². The van der Waals surface area contributed by atoms with E-state index in [-0.39, 0.29) is 11.8 Å². The maximum atomic E-state index is 12.5. The molecular formula is C16H18ClN5O. The Morgan fingerprint density at radius 3 is 2.96 bits per heavy atom. The number of carbonyl (C=O) groups is 1. The number of aromatic nitrogens is 3. The smallest absolute Gasteiger partial charge is 0.230 e. The van der Waals surface area contributed by atoms with Crippen LogP contribution in [-0.2, 0) is 4.79 Å². The summed E-state index contributed by atoms with van der Waals surface area (Å²) in [6, 6.07) is 7.31. The van der Waals surface area contributed by atoms with Crippen molar-refractivity contribution in [2.75, 3.05) is 23.3 Å². The minimum absolute atomic E-state index is 0.00489. The van der Waals surface area contributed by atoms with Crippen LogP contribution in [0, 0.1) is 12.8 Å². The summed E-state index contributed by atoms with van der Waals surface area (Å²) in [6.45, 7) is 3.45. The molecule has 0 bridgehead atoms. The van der Waals surface area contributed by atoms with Gasteiger partial charge in [0.05, 0.1) is 5.92 Å². The Labute approximate surface area is 139 Å². The van der Waals surface area contributed by atoms with Gasteiger partial charge in [0, 0.05) is 19.3 Å². The van der Waals surface area contributed by atoms with Gasteiger partial charge in [-0.3, -0.25) is 4.79 Å². The molecule has 1 saturated heterocycles. The van der Waals surface area contributed by atoms with E-state index in [1.807, 2.05) is 25.1 Å². The molecule has 1 fully saturated rings. The van der Waals surface area contributed by atoms with Gasteiger partial charge in [-0.05, 0) is 49.6 Å². The SMILES string of the molecule is Cc1ccnc(NC(=O)C2CCCN(c3ccc(Cl)nn3)C2)c1. The maximum absolute atomic E-state index is 12.5. The van der Waals surface area contributed by atoms with E-state index >= 15 is 0 Å². The lowest BCUT2D eigenvalue weighted by molar-refractivity contribution is -0.120. The first-order chi connectivity index (χ1) is 11.1. The monoisotopic (exact) mass is 331 g/mol. The van der Waals surface area contributed by atoms with Crippen molar-refractivity contribution in [1.29, 1.82) is 0 Å². The van der Waals surface area contributed by atoms with E-state index in [0.717, 1.165) is 30.8 Å². The molecule has 3 rings (SSSR count). The third-order valence-electron chi connectivity index (χ3n) is 3.90. The summed E-state index contributed by atoms with van der Waals surface area (Å²) < 4.78 is 0. The molecule has 23 heavy (non-hydrogen) atoms. The molecule has 2 aromatic heterocycles. The van der Waals surface area contributed by atoms with Gasteiger partial charge in [-0.1, -0.05) is 11.6 Å². The predicted molar refractivity (Wildman–Crippen MR) is 89.6 cm³/mol. The Kier molecular flexibility index (Phi) is 4.71.